The smallest absolute Gasteiger partial charge is 0.314 e. The van der Waals surface area contributed by atoms with E-state index in [0.29, 0.717) is 6.54 Å². The molecular formula is C11H20N2O4. The lowest BCUT2D eigenvalue weighted by Crippen LogP contribution is -2.40. The van der Waals surface area contributed by atoms with Crippen LogP contribution in [0.2, 0.25) is 0 Å². The van der Waals surface area contributed by atoms with E-state index in [1.165, 1.54) is 0 Å². The van der Waals surface area contributed by atoms with Crippen molar-refractivity contribution in [3.8, 4) is 0 Å². The Balaban J connectivity index is 2.02. The second-order valence-electron chi connectivity index (χ2n) is 4.30. The number of nitrogens with one attached hydrogen (secondary N) is 2. The highest BCUT2D eigenvalue weighted by Crippen LogP contribution is 2.14. The van der Waals surface area contributed by atoms with Gasteiger partial charge in [0.2, 0.25) is 0 Å². The van der Waals surface area contributed by atoms with Gasteiger partial charge in [0, 0.05) is 19.7 Å². The Labute approximate surface area is 101 Å². The molecule has 2 unspecified atom stereocenters. The molecule has 1 heterocycles. The number of rotatable bonds is 6. The summed E-state index contributed by atoms with van der Waals surface area (Å²) in [5, 5.41) is 13.8. The number of amides is 2. The summed E-state index contributed by atoms with van der Waals surface area (Å²) in [6.07, 6.45) is 3.21. The number of hydrogen-bond donors (Lipinski definition) is 3. The molecule has 0 saturated carbocycles. The maximum atomic E-state index is 11.3. The number of hydrogen-bond acceptors (Lipinski definition) is 3. The molecule has 0 spiro atoms. The van der Waals surface area contributed by atoms with E-state index in [0.717, 1.165) is 25.9 Å². The number of carboxylic acid groups (broad SMARTS) is 1. The molecule has 6 nitrogen and oxygen atoms in total. The lowest BCUT2D eigenvalue weighted by atomic mass is 10.2. The average Bonchev–Trinajstić information content (AvgIpc) is 2.78. The van der Waals surface area contributed by atoms with Crippen molar-refractivity contribution in [3.63, 3.8) is 0 Å². The molecule has 2 amide bonds. The number of ether oxygens (including phenoxy) is 1. The molecule has 0 aliphatic carbocycles. The van der Waals surface area contributed by atoms with Crippen molar-refractivity contribution in [1.29, 1.82) is 0 Å². The maximum Gasteiger partial charge on any atom is 0.314 e. The zero-order valence-electron chi connectivity index (χ0n) is 10.1. The topological polar surface area (TPSA) is 87.7 Å². The third kappa shape index (κ3) is 5.53. The number of carboxylic acids is 1. The molecular weight excluding hydrogens is 224 g/mol. The summed E-state index contributed by atoms with van der Waals surface area (Å²) in [6, 6.07) is -0.323. The molecule has 0 bridgehead atoms. The molecule has 1 aliphatic heterocycles. The summed E-state index contributed by atoms with van der Waals surface area (Å²) in [7, 11) is 0. The Morgan fingerprint density at radius 1 is 1.47 bits per heavy atom. The van der Waals surface area contributed by atoms with E-state index in [1.54, 1.807) is 6.92 Å². The quantitative estimate of drug-likeness (QED) is 0.637. The largest absolute Gasteiger partial charge is 0.481 e. The molecule has 1 rings (SSSR count). The fourth-order valence-electron chi connectivity index (χ4n) is 1.61. The highest BCUT2D eigenvalue weighted by Gasteiger charge is 2.15. The summed E-state index contributed by atoms with van der Waals surface area (Å²) in [5.41, 5.74) is 0. The van der Waals surface area contributed by atoms with Gasteiger partial charge in [0.25, 0.3) is 0 Å². The van der Waals surface area contributed by atoms with Crippen LogP contribution in [0.1, 0.15) is 26.2 Å². The number of carbonyl (C=O) groups is 2. The van der Waals surface area contributed by atoms with Gasteiger partial charge in [-0.1, -0.05) is 6.92 Å². The van der Waals surface area contributed by atoms with E-state index in [1.807, 2.05) is 0 Å². The van der Waals surface area contributed by atoms with Crippen molar-refractivity contribution in [2.24, 2.45) is 5.92 Å². The van der Waals surface area contributed by atoms with Gasteiger partial charge in [0.15, 0.2) is 0 Å². The van der Waals surface area contributed by atoms with E-state index in [2.05, 4.69) is 10.6 Å². The Kier molecular flexibility index (Phi) is 5.76. The number of carbonyl (C=O) groups excluding carboxylic acids is 1. The van der Waals surface area contributed by atoms with Crippen LogP contribution >= 0.6 is 0 Å². The standard InChI is InChI=1S/C11H20N2O4/c1-8(10(14)15)7-13-11(16)12-5-4-9-3-2-6-17-9/h8-9H,2-7H2,1H3,(H,14,15)(H2,12,13,16). The molecule has 98 valence electrons. The van der Waals surface area contributed by atoms with Crippen LogP contribution in [-0.4, -0.2) is 42.9 Å². The Morgan fingerprint density at radius 3 is 2.82 bits per heavy atom. The average molecular weight is 244 g/mol. The zero-order valence-corrected chi connectivity index (χ0v) is 10.1. The minimum absolute atomic E-state index is 0.140. The minimum Gasteiger partial charge on any atom is -0.481 e. The van der Waals surface area contributed by atoms with E-state index in [9.17, 15) is 9.59 Å². The van der Waals surface area contributed by atoms with E-state index < -0.39 is 11.9 Å². The predicted molar refractivity (Wildman–Crippen MR) is 61.8 cm³/mol. The van der Waals surface area contributed by atoms with Crippen LogP contribution in [0.15, 0.2) is 0 Å². The van der Waals surface area contributed by atoms with Gasteiger partial charge in [0.05, 0.1) is 12.0 Å². The normalized spacial score (nSPS) is 20.9. The molecule has 1 saturated heterocycles. The second-order valence-corrected chi connectivity index (χ2v) is 4.30. The summed E-state index contributed by atoms with van der Waals surface area (Å²) in [4.78, 5) is 21.8. The van der Waals surface area contributed by atoms with Crippen LogP contribution in [-0.2, 0) is 9.53 Å². The molecule has 2 atom stereocenters. The Morgan fingerprint density at radius 2 is 2.24 bits per heavy atom. The van der Waals surface area contributed by atoms with Gasteiger partial charge < -0.3 is 20.5 Å². The molecule has 1 aliphatic rings. The third-order valence-electron chi connectivity index (χ3n) is 2.77. The van der Waals surface area contributed by atoms with Crippen molar-refractivity contribution in [1.82, 2.24) is 10.6 Å². The summed E-state index contributed by atoms with van der Waals surface area (Å²) < 4.78 is 5.41. The molecule has 17 heavy (non-hydrogen) atoms. The summed E-state index contributed by atoms with van der Waals surface area (Å²) >= 11 is 0. The number of urea groups is 1. The monoisotopic (exact) mass is 244 g/mol. The highest BCUT2D eigenvalue weighted by molar-refractivity contribution is 5.75. The maximum absolute atomic E-state index is 11.3. The first-order valence-electron chi connectivity index (χ1n) is 5.95. The van der Waals surface area contributed by atoms with Crippen molar-refractivity contribution >= 4 is 12.0 Å². The van der Waals surface area contributed by atoms with Gasteiger partial charge in [-0.05, 0) is 19.3 Å². The molecule has 3 N–H and O–H groups in total. The molecule has 0 aromatic heterocycles. The predicted octanol–water partition coefficient (Wildman–Crippen LogP) is 0.575. The van der Waals surface area contributed by atoms with Gasteiger partial charge in [-0.25, -0.2) is 4.79 Å². The van der Waals surface area contributed by atoms with Crippen molar-refractivity contribution in [2.75, 3.05) is 19.7 Å². The van der Waals surface area contributed by atoms with Gasteiger partial charge in [0.1, 0.15) is 0 Å². The van der Waals surface area contributed by atoms with Crippen LogP contribution in [0.3, 0.4) is 0 Å². The van der Waals surface area contributed by atoms with Crippen LogP contribution in [0.4, 0.5) is 4.79 Å². The number of aliphatic carboxylic acids is 1. The van der Waals surface area contributed by atoms with Gasteiger partial charge in [-0.3, -0.25) is 4.79 Å². The van der Waals surface area contributed by atoms with Crippen LogP contribution < -0.4 is 10.6 Å². The first-order valence-corrected chi connectivity index (χ1v) is 5.95. The molecule has 0 radical (unpaired) electrons. The third-order valence-corrected chi connectivity index (χ3v) is 2.77. The molecule has 0 aromatic carbocycles. The van der Waals surface area contributed by atoms with Crippen molar-refractivity contribution in [3.05, 3.63) is 0 Å². The Hall–Kier alpha value is -1.30. The second kappa shape index (κ2) is 7.11. The van der Waals surface area contributed by atoms with Crippen LogP contribution in [0, 0.1) is 5.92 Å². The van der Waals surface area contributed by atoms with Gasteiger partial charge in [-0.15, -0.1) is 0 Å². The SMILES string of the molecule is CC(CNC(=O)NCCC1CCCO1)C(=O)O. The van der Waals surface area contributed by atoms with E-state index in [4.69, 9.17) is 9.84 Å². The van der Waals surface area contributed by atoms with Crippen molar-refractivity contribution in [2.45, 2.75) is 32.3 Å². The van der Waals surface area contributed by atoms with E-state index >= 15 is 0 Å². The highest BCUT2D eigenvalue weighted by atomic mass is 16.5. The first kappa shape index (κ1) is 13.8. The molecule has 0 aromatic rings. The Bertz CT molecular complexity index is 264. The van der Waals surface area contributed by atoms with Gasteiger partial charge in [-0.2, -0.15) is 0 Å². The zero-order chi connectivity index (χ0) is 12.7. The minimum atomic E-state index is -0.912. The lowest BCUT2D eigenvalue weighted by Gasteiger charge is -2.12. The first-order chi connectivity index (χ1) is 8.09. The van der Waals surface area contributed by atoms with Crippen LogP contribution in [0.25, 0.3) is 0 Å². The lowest BCUT2D eigenvalue weighted by molar-refractivity contribution is -0.140. The molecule has 1 fully saturated rings. The van der Waals surface area contributed by atoms with Gasteiger partial charge >= 0.3 is 12.0 Å². The van der Waals surface area contributed by atoms with Crippen LogP contribution in [0.5, 0.6) is 0 Å². The molecule has 6 heteroatoms. The summed E-state index contributed by atoms with van der Waals surface area (Å²) in [6.45, 7) is 3.06. The van der Waals surface area contributed by atoms with E-state index in [-0.39, 0.29) is 18.7 Å². The summed E-state index contributed by atoms with van der Waals surface area (Å²) in [5.74, 6) is -1.48. The fourth-order valence-corrected chi connectivity index (χ4v) is 1.61. The fraction of sp³-hybridized carbons (Fsp3) is 0.818. The van der Waals surface area contributed by atoms with Crippen molar-refractivity contribution < 1.29 is 19.4 Å².